The highest BCUT2D eigenvalue weighted by molar-refractivity contribution is 7.90. The molecule has 3 rings (SSSR count). The standard InChI is InChI=1S/C18H25N3O4S/c1-18(2,3)26(23,24)21-13-6-4-12(5-7-13)17(22)20-14-8-9-16-15(10-14)19-11-25-16/h8-13,21H,4-7H2,1-3H3,(H,20,22)/t12-,13-. The van der Waals surface area contributed by atoms with Crippen LogP contribution in [0.1, 0.15) is 46.5 Å². The average molecular weight is 379 g/mol. The number of anilines is 1. The molecule has 2 aromatic rings. The summed E-state index contributed by atoms with van der Waals surface area (Å²) in [7, 11) is -3.37. The molecule has 7 nitrogen and oxygen atoms in total. The fraction of sp³-hybridized carbons (Fsp3) is 0.556. The van der Waals surface area contributed by atoms with E-state index in [1.807, 2.05) is 0 Å². The second kappa shape index (κ2) is 7.00. The quantitative estimate of drug-likeness (QED) is 0.850. The van der Waals surface area contributed by atoms with Crippen LogP contribution in [0.2, 0.25) is 0 Å². The number of nitrogens with zero attached hydrogens (tertiary/aromatic N) is 1. The number of hydrogen-bond donors (Lipinski definition) is 2. The van der Waals surface area contributed by atoms with Crippen molar-refractivity contribution in [1.29, 1.82) is 0 Å². The molecule has 1 heterocycles. The van der Waals surface area contributed by atoms with Crippen LogP contribution < -0.4 is 10.0 Å². The summed E-state index contributed by atoms with van der Waals surface area (Å²) in [5, 5.41) is 2.92. The second-order valence-corrected chi connectivity index (χ2v) is 10.3. The van der Waals surface area contributed by atoms with E-state index in [9.17, 15) is 13.2 Å². The molecule has 26 heavy (non-hydrogen) atoms. The smallest absolute Gasteiger partial charge is 0.227 e. The monoisotopic (exact) mass is 379 g/mol. The molecule has 8 heteroatoms. The first kappa shape index (κ1) is 18.8. The zero-order chi connectivity index (χ0) is 18.9. The van der Waals surface area contributed by atoms with Gasteiger partial charge in [-0.15, -0.1) is 0 Å². The second-order valence-electron chi connectivity index (χ2n) is 7.81. The van der Waals surface area contributed by atoms with Crippen molar-refractivity contribution in [2.75, 3.05) is 5.32 Å². The maximum Gasteiger partial charge on any atom is 0.227 e. The van der Waals surface area contributed by atoms with E-state index >= 15 is 0 Å². The third-order valence-corrected chi connectivity index (χ3v) is 7.08. The Balaban J connectivity index is 1.55. The van der Waals surface area contributed by atoms with Crippen molar-refractivity contribution in [3.05, 3.63) is 24.6 Å². The van der Waals surface area contributed by atoms with E-state index in [0.717, 1.165) is 0 Å². The predicted octanol–water partition coefficient (Wildman–Crippen LogP) is 3.04. The summed E-state index contributed by atoms with van der Waals surface area (Å²) in [4.78, 5) is 16.6. The zero-order valence-corrected chi connectivity index (χ0v) is 16.1. The van der Waals surface area contributed by atoms with Crippen molar-refractivity contribution < 1.29 is 17.6 Å². The number of hydrogen-bond acceptors (Lipinski definition) is 5. The van der Waals surface area contributed by atoms with Gasteiger partial charge >= 0.3 is 0 Å². The number of nitrogens with one attached hydrogen (secondary N) is 2. The summed E-state index contributed by atoms with van der Waals surface area (Å²) < 4.78 is 31.7. The molecule has 1 aliphatic carbocycles. The van der Waals surface area contributed by atoms with Crippen LogP contribution in [0.15, 0.2) is 29.0 Å². The van der Waals surface area contributed by atoms with E-state index in [4.69, 9.17) is 4.42 Å². The fourth-order valence-electron chi connectivity index (χ4n) is 3.05. The van der Waals surface area contributed by atoms with Crippen LogP contribution in [-0.2, 0) is 14.8 Å². The van der Waals surface area contributed by atoms with Crippen molar-refractivity contribution in [1.82, 2.24) is 9.71 Å². The molecule has 2 N–H and O–H groups in total. The van der Waals surface area contributed by atoms with Gasteiger partial charge in [-0.25, -0.2) is 18.1 Å². The normalized spacial score (nSPS) is 21.7. The summed E-state index contributed by atoms with van der Waals surface area (Å²) in [5.41, 5.74) is 2.06. The molecule has 0 unspecified atom stereocenters. The molecule has 1 fully saturated rings. The van der Waals surface area contributed by atoms with Gasteiger partial charge in [0, 0.05) is 17.6 Å². The Hall–Kier alpha value is -1.93. The van der Waals surface area contributed by atoms with Crippen LogP contribution in [0, 0.1) is 5.92 Å². The van der Waals surface area contributed by atoms with E-state index in [-0.39, 0.29) is 17.9 Å². The lowest BCUT2D eigenvalue weighted by Gasteiger charge is -2.30. The molecule has 1 saturated carbocycles. The van der Waals surface area contributed by atoms with Crippen LogP contribution in [0.5, 0.6) is 0 Å². The summed E-state index contributed by atoms with van der Waals surface area (Å²) in [6, 6.07) is 5.24. The number of carbonyl (C=O) groups is 1. The van der Waals surface area contributed by atoms with Gasteiger partial charge in [0.2, 0.25) is 15.9 Å². The lowest BCUT2D eigenvalue weighted by atomic mass is 9.86. The van der Waals surface area contributed by atoms with Crippen LogP contribution in [-0.4, -0.2) is 30.1 Å². The van der Waals surface area contributed by atoms with Gasteiger partial charge in [0.15, 0.2) is 12.0 Å². The average Bonchev–Trinajstić information content (AvgIpc) is 3.01. The van der Waals surface area contributed by atoms with Crippen molar-refractivity contribution in [3.63, 3.8) is 0 Å². The van der Waals surface area contributed by atoms with Crippen LogP contribution >= 0.6 is 0 Å². The molecule has 0 spiro atoms. The number of oxazole rings is 1. The first-order chi connectivity index (χ1) is 12.2. The van der Waals surface area contributed by atoms with Gasteiger partial charge in [-0.05, 0) is 64.7 Å². The molecule has 0 radical (unpaired) electrons. The highest BCUT2D eigenvalue weighted by atomic mass is 32.2. The van der Waals surface area contributed by atoms with E-state index in [2.05, 4.69) is 15.0 Å². The van der Waals surface area contributed by atoms with Gasteiger partial charge in [0.05, 0.1) is 4.75 Å². The molecule has 0 saturated heterocycles. The molecule has 1 aromatic carbocycles. The maximum atomic E-state index is 12.5. The molecule has 142 valence electrons. The highest BCUT2D eigenvalue weighted by Gasteiger charge is 2.34. The molecular formula is C18H25N3O4S. The Labute approximate surface area is 153 Å². The third-order valence-electron chi connectivity index (χ3n) is 4.82. The van der Waals surface area contributed by atoms with Crippen molar-refractivity contribution in [3.8, 4) is 0 Å². The first-order valence-corrected chi connectivity index (χ1v) is 10.3. The number of carbonyl (C=O) groups excluding carboxylic acids is 1. The van der Waals surface area contributed by atoms with Crippen LogP contribution in [0.3, 0.4) is 0 Å². The van der Waals surface area contributed by atoms with Gasteiger partial charge < -0.3 is 9.73 Å². The summed E-state index contributed by atoms with van der Waals surface area (Å²) in [5.74, 6) is -0.150. The van der Waals surface area contributed by atoms with Gasteiger partial charge in [-0.3, -0.25) is 4.79 Å². The SMILES string of the molecule is CC(C)(C)S(=O)(=O)N[C@H]1CC[C@H](C(=O)Nc2ccc3ocnc3c2)CC1. The molecule has 0 bridgehead atoms. The summed E-state index contributed by atoms with van der Waals surface area (Å²) in [6.45, 7) is 5.04. The van der Waals surface area contributed by atoms with E-state index in [1.165, 1.54) is 6.39 Å². The van der Waals surface area contributed by atoms with Crippen molar-refractivity contribution in [2.24, 2.45) is 5.92 Å². The van der Waals surface area contributed by atoms with Crippen molar-refractivity contribution >= 4 is 32.7 Å². The Bertz CT molecular complexity index is 891. The number of rotatable bonds is 4. The molecule has 1 amide bonds. The Morgan fingerprint density at radius 2 is 1.88 bits per heavy atom. The van der Waals surface area contributed by atoms with Gasteiger partial charge in [-0.2, -0.15) is 0 Å². The highest BCUT2D eigenvalue weighted by Crippen LogP contribution is 2.28. The minimum atomic E-state index is -3.37. The van der Waals surface area contributed by atoms with E-state index in [0.29, 0.717) is 42.5 Å². The Kier molecular flexibility index (Phi) is 5.07. The third kappa shape index (κ3) is 4.07. The van der Waals surface area contributed by atoms with Crippen LogP contribution in [0.25, 0.3) is 11.1 Å². The number of aromatic nitrogens is 1. The molecule has 0 aliphatic heterocycles. The summed E-state index contributed by atoms with van der Waals surface area (Å²) >= 11 is 0. The minimum absolute atomic E-state index is 0.0371. The van der Waals surface area contributed by atoms with Gasteiger partial charge in [0.25, 0.3) is 0 Å². The molecule has 0 atom stereocenters. The largest absolute Gasteiger partial charge is 0.443 e. The van der Waals surface area contributed by atoms with Gasteiger partial charge in [-0.1, -0.05) is 0 Å². The molecule has 1 aromatic heterocycles. The fourth-order valence-corrected chi connectivity index (χ4v) is 4.08. The van der Waals surface area contributed by atoms with E-state index in [1.54, 1.807) is 39.0 Å². The lowest BCUT2D eigenvalue weighted by molar-refractivity contribution is -0.120. The Morgan fingerprint density at radius 1 is 1.19 bits per heavy atom. The Morgan fingerprint density at radius 3 is 2.54 bits per heavy atom. The maximum absolute atomic E-state index is 12.5. The predicted molar refractivity (Wildman–Crippen MR) is 100 cm³/mol. The number of amides is 1. The van der Waals surface area contributed by atoms with Crippen LogP contribution in [0.4, 0.5) is 5.69 Å². The number of fused-ring (bicyclic) bond motifs is 1. The van der Waals surface area contributed by atoms with Gasteiger partial charge in [0.1, 0.15) is 5.52 Å². The number of sulfonamides is 1. The van der Waals surface area contributed by atoms with E-state index < -0.39 is 14.8 Å². The summed E-state index contributed by atoms with van der Waals surface area (Å²) in [6.07, 6.45) is 4.02. The zero-order valence-electron chi connectivity index (χ0n) is 15.3. The molecular weight excluding hydrogens is 354 g/mol. The molecule has 1 aliphatic rings. The topological polar surface area (TPSA) is 101 Å². The van der Waals surface area contributed by atoms with Crippen molar-refractivity contribution in [2.45, 2.75) is 57.2 Å². The minimum Gasteiger partial charge on any atom is -0.443 e. The number of benzene rings is 1. The first-order valence-electron chi connectivity index (χ1n) is 8.82. The lowest BCUT2D eigenvalue weighted by Crippen LogP contribution is -2.46.